The Labute approximate surface area is 163 Å². The van der Waals surface area contributed by atoms with Crippen LogP contribution in [-0.4, -0.2) is 44.9 Å². The number of halogens is 3. The number of nitrogens with zero attached hydrogens (tertiary/aromatic N) is 1. The molecule has 29 heavy (non-hydrogen) atoms. The van der Waals surface area contributed by atoms with Crippen LogP contribution in [0, 0.1) is 0 Å². The smallest absolute Gasteiger partial charge is 0.406 e. The van der Waals surface area contributed by atoms with Crippen LogP contribution in [0.2, 0.25) is 0 Å². The molecule has 156 valence electrons. The third-order valence-electron chi connectivity index (χ3n) is 4.05. The fraction of sp³-hybridized carbons (Fsp3) is 0.294. The van der Waals surface area contributed by atoms with Crippen molar-refractivity contribution in [3.05, 3.63) is 42.2 Å². The maximum atomic E-state index is 12.7. The van der Waals surface area contributed by atoms with E-state index in [2.05, 4.69) is 15.0 Å². The van der Waals surface area contributed by atoms with Crippen molar-refractivity contribution in [2.45, 2.75) is 28.6 Å². The molecule has 2 aromatic rings. The number of nitrogens with one attached hydrogen (secondary N) is 1. The minimum Gasteiger partial charge on any atom is -0.406 e. The number of aromatic nitrogens is 1. The predicted molar refractivity (Wildman–Crippen MR) is 93.9 cm³/mol. The van der Waals surface area contributed by atoms with E-state index in [1.165, 1.54) is 0 Å². The van der Waals surface area contributed by atoms with Crippen LogP contribution < -0.4 is 15.8 Å². The molecule has 0 spiro atoms. The van der Waals surface area contributed by atoms with Crippen molar-refractivity contribution >= 4 is 21.4 Å². The molecule has 2 heterocycles. The highest BCUT2D eigenvalue weighted by atomic mass is 32.2. The quantitative estimate of drug-likeness (QED) is 0.742. The molecule has 0 unspecified atom stereocenters. The van der Waals surface area contributed by atoms with E-state index in [1.54, 1.807) is 0 Å². The number of pyridine rings is 1. The van der Waals surface area contributed by atoms with Crippen LogP contribution in [0.1, 0.15) is 16.9 Å². The van der Waals surface area contributed by atoms with Gasteiger partial charge in [0.1, 0.15) is 5.75 Å². The number of carbonyl (C=O) groups excluding carboxylic acids is 1. The lowest BCUT2D eigenvalue weighted by molar-refractivity contribution is -0.274. The largest absolute Gasteiger partial charge is 0.573 e. The topological polar surface area (TPSA) is 121 Å². The summed E-state index contributed by atoms with van der Waals surface area (Å²) in [6.07, 6.45) is -3.28. The summed E-state index contributed by atoms with van der Waals surface area (Å²) in [7, 11) is -4.12. The van der Waals surface area contributed by atoms with Crippen LogP contribution in [0.4, 0.5) is 18.9 Å². The lowest BCUT2D eigenvalue weighted by atomic mass is 10.2. The highest BCUT2D eigenvalue weighted by Gasteiger charge is 2.31. The standard InChI is InChI=1S/C17H16F3N3O5S/c18-17(19,20)28-11-1-3-12(4-2-11)29(25,26)13-7-14(21)15(22-8-13)16(24)23-10-5-6-27-9-10/h1-4,7-8,10H,5-6,9,21H2,(H,23,24)/t10-/m0/s1. The van der Waals surface area contributed by atoms with Crippen LogP contribution in [0.3, 0.4) is 0 Å². The molecular weight excluding hydrogens is 415 g/mol. The van der Waals surface area contributed by atoms with Gasteiger partial charge in [0.2, 0.25) is 9.84 Å². The Morgan fingerprint density at radius 1 is 1.24 bits per heavy atom. The number of amides is 1. The van der Waals surface area contributed by atoms with E-state index in [0.29, 0.717) is 19.6 Å². The molecule has 1 aromatic heterocycles. The number of nitrogens with two attached hydrogens (primary N) is 1. The average Bonchev–Trinajstić information content (AvgIpc) is 3.13. The lowest BCUT2D eigenvalue weighted by Crippen LogP contribution is -2.36. The van der Waals surface area contributed by atoms with Crippen molar-refractivity contribution in [1.82, 2.24) is 10.3 Å². The SMILES string of the molecule is Nc1cc(S(=O)(=O)c2ccc(OC(F)(F)F)cc2)cnc1C(=O)N[C@H]1CCOC1. The van der Waals surface area contributed by atoms with Crippen molar-refractivity contribution in [2.75, 3.05) is 18.9 Å². The molecule has 1 aliphatic heterocycles. The number of anilines is 1. The van der Waals surface area contributed by atoms with Crippen molar-refractivity contribution in [3.63, 3.8) is 0 Å². The molecule has 1 amide bonds. The summed E-state index contributed by atoms with van der Waals surface area (Å²) in [5, 5.41) is 2.69. The summed E-state index contributed by atoms with van der Waals surface area (Å²) in [5.74, 6) is -1.12. The van der Waals surface area contributed by atoms with Gasteiger partial charge in [0, 0.05) is 12.8 Å². The van der Waals surface area contributed by atoms with Crippen LogP contribution in [0.5, 0.6) is 5.75 Å². The molecule has 8 nitrogen and oxygen atoms in total. The summed E-state index contributed by atoms with van der Waals surface area (Å²) in [6.45, 7) is 0.893. The number of hydrogen-bond acceptors (Lipinski definition) is 7. The number of sulfone groups is 1. The molecule has 0 saturated carbocycles. The minimum atomic E-state index is -4.89. The second kappa shape index (κ2) is 7.87. The molecule has 0 aliphatic carbocycles. The van der Waals surface area contributed by atoms with Gasteiger partial charge in [-0.3, -0.25) is 4.79 Å². The number of hydrogen-bond donors (Lipinski definition) is 2. The van der Waals surface area contributed by atoms with Crippen molar-refractivity contribution in [2.24, 2.45) is 0 Å². The van der Waals surface area contributed by atoms with E-state index in [1.807, 2.05) is 0 Å². The average molecular weight is 431 g/mol. The van der Waals surface area contributed by atoms with Gasteiger partial charge in [-0.25, -0.2) is 13.4 Å². The van der Waals surface area contributed by atoms with Gasteiger partial charge < -0.3 is 20.5 Å². The van der Waals surface area contributed by atoms with Crippen molar-refractivity contribution < 1.29 is 35.9 Å². The third kappa shape index (κ3) is 4.95. The first-order chi connectivity index (χ1) is 13.6. The van der Waals surface area contributed by atoms with Gasteiger partial charge in [0.25, 0.3) is 5.91 Å². The summed E-state index contributed by atoms with van der Waals surface area (Å²) in [5.41, 5.74) is 5.51. The maximum absolute atomic E-state index is 12.7. The zero-order valence-corrected chi connectivity index (χ0v) is 15.6. The zero-order chi connectivity index (χ0) is 21.2. The number of benzene rings is 1. The molecule has 3 rings (SSSR count). The molecule has 1 saturated heterocycles. The number of carbonyl (C=O) groups is 1. The van der Waals surface area contributed by atoms with E-state index in [0.717, 1.165) is 36.5 Å². The van der Waals surface area contributed by atoms with Gasteiger partial charge in [0.15, 0.2) is 5.69 Å². The van der Waals surface area contributed by atoms with E-state index in [-0.39, 0.29) is 27.2 Å². The minimum absolute atomic E-state index is 0.134. The van der Waals surface area contributed by atoms with Crippen LogP contribution >= 0.6 is 0 Å². The fourth-order valence-electron chi connectivity index (χ4n) is 2.66. The van der Waals surface area contributed by atoms with Gasteiger partial charge in [0.05, 0.1) is 28.1 Å². The second-order valence-corrected chi connectivity index (χ2v) is 8.12. The van der Waals surface area contributed by atoms with Gasteiger partial charge in [-0.15, -0.1) is 13.2 Å². The summed E-state index contributed by atoms with van der Waals surface area (Å²) < 4.78 is 70.8. The highest BCUT2D eigenvalue weighted by molar-refractivity contribution is 7.91. The van der Waals surface area contributed by atoms with E-state index >= 15 is 0 Å². The summed E-state index contributed by atoms with van der Waals surface area (Å²) in [4.78, 5) is 15.5. The number of alkyl halides is 3. The van der Waals surface area contributed by atoms with E-state index in [4.69, 9.17) is 10.5 Å². The Kier molecular flexibility index (Phi) is 5.66. The summed E-state index contributed by atoms with van der Waals surface area (Å²) in [6, 6.07) is 4.58. The first-order valence-corrected chi connectivity index (χ1v) is 9.79. The Bertz CT molecular complexity index is 1000. The lowest BCUT2D eigenvalue weighted by Gasteiger charge is -2.12. The molecule has 1 aliphatic rings. The first kappa shape index (κ1) is 20.9. The first-order valence-electron chi connectivity index (χ1n) is 8.31. The van der Waals surface area contributed by atoms with E-state index < -0.39 is 27.9 Å². The molecule has 12 heteroatoms. The van der Waals surface area contributed by atoms with Gasteiger partial charge >= 0.3 is 6.36 Å². The Morgan fingerprint density at radius 3 is 2.48 bits per heavy atom. The predicted octanol–water partition coefficient (Wildman–Crippen LogP) is 1.91. The van der Waals surface area contributed by atoms with E-state index in [9.17, 15) is 26.4 Å². The fourth-order valence-corrected chi connectivity index (χ4v) is 3.90. The number of nitrogen functional groups attached to an aromatic ring is 1. The maximum Gasteiger partial charge on any atom is 0.573 e. The molecule has 1 atom stereocenters. The molecule has 3 N–H and O–H groups in total. The third-order valence-corrected chi connectivity index (χ3v) is 5.79. The zero-order valence-electron chi connectivity index (χ0n) is 14.8. The summed E-state index contributed by atoms with van der Waals surface area (Å²) >= 11 is 0. The molecule has 1 aromatic carbocycles. The van der Waals surface area contributed by atoms with Crippen molar-refractivity contribution in [1.29, 1.82) is 0 Å². The Morgan fingerprint density at radius 2 is 1.93 bits per heavy atom. The number of rotatable bonds is 5. The Balaban J connectivity index is 1.80. The second-order valence-electron chi connectivity index (χ2n) is 6.17. The molecular formula is C17H16F3N3O5S. The normalized spacial score (nSPS) is 17.1. The van der Waals surface area contributed by atoms with Crippen LogP contribution in [-0.2, 0) is 14.6 Å². The van der Waals surface area contributed by atoms with Gasteiger partial charge in [-0.05, 0) is 36.8 Å². The molecule has 0 bridgehead atoms. The van der Waals surface area contributed by atoms with Crippen molar-refractivity contribution in [3.8, 4) is 5.75 Å². The number of ether oxygens (including phenoxy) is 2. The monoisotopic (exact) mass is 431 g/mol. The van der Waals surface area contributed by atoms with Gasteiger partial charge in [-0.2, -0.15) is 0 Å². The molecule has 1 fully saturated rings. The highest BCUT2D eigenvalue weighted by Crippen LogP contribution is 2.27. The molecule has 0 radical (unpaired) electrons. The van der Waals surface area contributed by atoms with Crippen LogP contribution in [0.15, 0.2) is 46.3 Å². The Hall–Kier alpha value is -2.86. The van der Waals surface area contributed by atoms with Crippen LogP contribution in [0.25, 0.3) is 0 Å². The van der Waals surface area contributed by atoms with Gasteiger partial charge in [-0.1, -0.05) is 0 Å².